The Bertz CT molecular complexity index is 629. The summed E-state index contributed by atoms with van der Waals surface area (Å²) in [6.07, 6.45) is 7.40. The van der Waals surface area contributed by atoms with Crippen LogP contribution in [0.3, 0.4) is 0 Å². The zero-order valence-corrected chi connectivity index (χ0v) is 19.2. The van der Waals surface area contributed by atoms with Crippen LogP contribution in [-0.2, 0) is 11.2 Å². The standard InChI is InChI=1S/C23H38N2O3S/c1-5-6-7-8-9-12-15-24-21(29)20-14-11-10-13-18(20)16-19(17-26)25-22(27)28-23(2,3)4/h10-11,13-14,19,26H,5-9,12,15-17H2,1-4H3,(H,24,29)(H,25,27)/t19-/m0/s1. The Kier molecular flexibility index (Phi) is 11.9. The summed E-state index contributed by atoms with van der Waals surface area (Å²) in [5, 5.41) is 15.8. The fourth-order valence-corrected chi connectivity index (χ4v) is 3.32. The molecule has 0 aromatic heterocycles. The zero-order chi connectivity index (χ0) is 21.7. The molecular weight excluding hydrogens is 384 g/mol. The third-order valence-electron chi connectivity index (χ3n) is 4.49. The second-order valence-electron chi connectivity index (χ2n) is 8.41. The predicted octanol–water partition coefficient (Wildman–Crippen LogP) is 4.74. The average Bonchev–Trinajstić information content (AvgIpc) is 2.65. The van der Waals surface area contributed by atoms with Crippen LogP contribution in [0.5, 0.6) is 0 Å². The summed E-state index contributed by atoms with van der Waals surface area (Å²) in [6.45, 7) is 8.34. The number of aliphatic hydroxyl groups is 1. The van der Waals surface area contributed by atoms with Crippen LogP contribution in [-0.4, -0.2) is 41.0 Å². The lowest BCUT2D eigenvalue weighted by Crippen LogP contribution is -2.42. The summed E-state index contributed by atoms with van der Waals surface area (Å²) >= 11 is 5.59. The molecular formula is C23H38N2O3S. The van der Waals surface area contributed by atoms with Crippen molar-refractivity contribution < 1.29 is 14.6 Å². The van der Waals surface area contributed by atoms with Gasteiger partial charge in [-0.2, -0.15) is 0 Å². The molecule has 0 saturated heterocycles. The predicted molar refractivity (Wildman–Crippen MR) is 123 cm³/mol. The molecule has 0 aliphatic heterocycles. The Hall–Kier alpha value is -1.66. The maximum atomic E-state index is 12.0. The fraction of sp³-hybridized carbons (Fsp3) is 0.652. The van der Waals surface area contributed by atoms with Crippen molar-refractivity contribution in [2.45, 2.75) is 84.3 Å². The molecule has 1 atom stereocenters. The Labute approximate surface area is 181 Å². The lowest BCUT2D eigenvalue weighted by Gasteiger charge is -2.23. The van der Waals surface area contributed by atoms with Crippen LogP contribution < -0.4 is 10.6 Å². The van der Waals surface area contributed by atoms with E-state index >= 15 is 0 Å². The van der Waals surface area contributed by atoms with E-state index in [4.69, 9.17) is 17.0 Å². The number of ether oxygens (including phenoxy) is 1. The van der Waals surface area contributed by atoms with Gasteiger partial charge in [0.25, 0.3) is 0 Å². The summed E-state index contributed by atoms with van der Waals surface area (Å²) in [7, 11) is 0. The van der Waals surface area contributed by atoms with Gasteiger partial charge in [0.15, 0.2) is 0 Å². The molecule has 0 saturated carbocycles. The highest BCUT2D eigenvalue weighted by Gasteiger charge is 2.20. The first kappa shape index (κ1) is 25.4. The Morgan fingerprint density at radius 1 is 1.14 bits per heavy atom. The van der Waals surface area contributed by atoms with E-state index in [1.807, 2.05) is 45.0 Å². The molecule has 5 nitrogen and oxygen atoms in total. The van der Waals surface area contributed by atoms with Crippen molar-refractivity contribution in [3.05, 3.63) is 35.4 Å². The van der Waals surface area contributed by atoms with E-state index in [1.165, 1.54) is 32.1 Å². The smallest absolute Gasteiger partial charge is 0.407 e. The zero-order valence-electron chi connectivity index (χ0n) is 18.4. The first-order chi connectivity index (χ1) is 13.8. The number of unbranched alkanes of at least 4 members (excludes halogenated alkanes) is 5. The number of benzene rings is 1. The van der Waals surface area contributed by atoms with E-state index in [0.717, 1.165) is 24.1 Å². The molecule has 0 spiro atoms. The van der Waals surface area contributed by atoms with Gasteiger partial charge in [0.2, 0.25) is 0 Å². The van der Waals surface area contributed by atoms with Crippen molar-refractivity contribution in [3.63, 3.8) is 0 Å². The molecule has 1 rings (SSSR count). The number of hydrogen-bond acceptors (Lipinski definition) is 4. The van der Waals surface area contributed by atoms with Gasteiger partial charge < -0.3 is 20.5 Å². The summed E-state index contributed by atoms with van der Waals surface area (Å²) in [6, 6.07) is 7.41. The largest absolute Gasteiger partial charge is 0.444 e. The van der Waals surface area contributed by atoms with Gasteiger partial charge in [0, 0.05) is 12.1 Å². The van der Waals surface area contributed by atoms with Crippen LogP contribution >= 0.6 is 12.2 Å². The van der Waals surface area contributed by atoms with E-state index in [9.17, 15) is 9.90 Å². The highest BCUT2D eigenvalue weighted by Crippen LogP contribution is 2.14. The summed E-state index contributed by atoms with van der Waals surface area (Å²) in [4.78, 5) is 12.7. The lowest BCUT2D eigenvalue weighted by atomic mass is 10.00. The van der Waals surface area contributed by atoms with Crippen LogP contribution in [0.2, 0.25) is 0 Å². The molecule has 164 valence electrons. The van der Waals surface area contributed by atoms with E-state index in [1.54, 1.807) is 0 Å². The molecule has 1 aromatic rings. The minimum absolute atomic E-state index is 0.175. The number of amides is 1. The average molecular weight is 423 g/mol. The van der Waals surface area contributed by atoms with Crippen molar-refractivity contribution in [1.29, 1.82) is 0 Å². The fourth-order valence-electron chi connectivity index (χ4n) is 3.02. The molecule has 1 aromatic carbocycles. The molecule has 0 unspecified atom stereocenters. The minimum Gasteiger partial charge on any atom is -0.444 e. The number of nitrogens with one attached hydrogen (secondary N) is 2. The number of hydrogen-bond donors (Lipinski definition) is 3. The molecule has 6 heteroatoms. The Morgan fingerprint density at radius 3 is 2.45 bits per heavy atom. The first-order valence-electron chi connectivity index (χ1n) is 10.7. The third-order valence-corrected chi connectivity index (χ3v) is 4.85. The number of carbonyl (C=O) groups is 1. The van der Waals surface area contributed by atoms with Gasteiger partial charge in [0.05, 0.1) is 12.6 Å². The van der Waals surface area contributed by atoms with Crippen molar-refractivity contribution in [1.82, 2.24) is 10.6 Å². The van der Waals surface area contributed by atoms with Crippen molar-refractivity contribution in [3.8, 4) is 0 Å². The van der Waals surface area contributed by atoms with Crippen LogP contribution in [0.4, 0.5) is 4.79 Å². The van der Waals surface area contributed by atoms with Crippen LogP contribution in [0, 0.1) is 0 Å². The van der Waals surface area contributed by atoms with Gasteiger partial charge in [-0.1, -0.05) is 75.5 Å². The number of carbonyl (C=O) groups excluding carboxylic acids is 1. The highest BCUT2D eigenvalue weighted by molar-refractivity contribution is 7.80. The topological polar surface area (TPSA) is 70.6 Å². The SMILES string of the molecule is CCCCCCCCNC(=S)c1ccccc1C[C@@H](CO)NC(=O)OC(C)(C)C. The van der Waals surface area contributed by atoms with E-state index < -0.39 is 17.7 Å². The van der Waals surface area contributed by atoms with Crippen molar-refractivity contribution in [2.75, 3.05) is 13.2 Å². The highest BCUT2D eigenvalue weighted by atomic mass is 32.1. The second kappa shape index (κ2) is 13.5. The van der Waals surface area contributed by atoms with Gasteiger partial charge >= 0.3 is 6.09 Å². The number of aliphatic hydroxyl groups excluding tert-OH is 1. The lowest BCUT2D eigenvalue weighted by molar-refractivity contribution is 0.0483. The summed E-state index contributed by atoms with van der Waals surface area (Å²) in [5.74, 6) is 0. The van der Waals surface area contributed by atoms with Gasteiger partial charge in [-0.3, -0.25) is 0 Å². The molecule has 0 bridgehead atoms. The van der Waals surface area contributed by atoms with Crippen molar-refractivity contribution >= 4 is 23.3 Å². The molecule has 0 aliphatic carbocycles. The van der Waals surface area contributed by atoms with Gasteiger partial charge in [0.1, 0.15) is 10.6 Å². The van der Waals surface area contributed by atoms with Crippen molar-refractivity contribution in [2.24, 2.45) is 0 Å². The maximum absolute atomic E-state index is 12.0. The maximum Gasteiger partial charge on any atom is 0.407 e. The first-order valence-corrected chi connectivity index (χ1v) is 11.1. The molecule has 0 radical (unpaired) electrons. The number of rotatable bonds is 12. The summed E-state index contributed by atoms with van der Waals surface area (Å²) in [5.41, 5.74) is 1.35. The second-order valence-corrected chi connectivity index (χ2v) is 8.82. The van der Waals surface area contributed by atoms with E-state index in [0.29, 0.717) is 11.4 Å². The monoisotopic (exact) mass is 422 g/mol. The van der Waals surface area contributed by atoms with Gasteiger partial charge in [-0.15, -0.1) is 0 Å². The van der Waals surface area contributed by atoms with Crippen LogP contribution in [0.25, 0.3) is 0 Å². The number of thiocarbonyl (C=S) groups is 1. The van der Waals surface area contributed by atoms with Crippen LogP contribution in [0.15, 0.2) is 24.3 Å². The van der Waals surface area contributed by atoms with E-state index in [-0.39, 0.29) is 6.61 Å². The summed E-state index contributed by atoms with van der Waals surface area (Å²) < 4.78 is 5.29. The molecule has 0 aliphatic rings. The van der Waals surface area contributed by atoms with Gasteiger partial charge in [-0.05, 0) is 39.2 Å². The molecule has 3 N–H and O–H groups in total. The molecule has 29 heavy (non-hydrogen) atoms. The Balaban J connectivity index is 2.58. The minimum atomic E-state index is -0.579. The quantitative estimate of drug-likeness (QED) is 0.335. The number of alkyl carbamates (subject to hydrolysis) is 1. The molecule has 0 fully saturated rings. The van der Waals surface area contributed by atoms with Gasteiger partial charge in [-0.25, -0.2) is 4.79 Å². The Morgan fingerprint density at radius 2 is 1.79 bits per heavy atom. The third kappa shape index (κ3) is 11.2. The van der Waals surface area contributed by atoms with Crippen LogP contribution in [0.1, 0.15) is 77.3 Å². The molecule has 1 amide bonds. The molecule has 0 heterocycles. The normalized spacial score (nSPS) is 12.3. The van der Waals surface area contributed by atoms with E-state index in [2.05, 4.69) is 17.6 Å².